The van der Waals surface area contributed by atoms with Gasteiger partial charge in [0.15, 0.2) is 9.84 Å². The minimum absolute atomic E-state index is 0.0344. The molecule has 2 N–H and O–H groups in total. The molecular formula is C13H21NO3S. The lowest BCUT2D eigenvalue weighted by molar-refractivity contribution is 0.123. The van der Waals surface area contributed by atoms with Crippen LogP contribution in [0.2, 0.25) is 0 Å². The highest BCUT2D eigenvalue weighted by Gasteiger charge is 2.17. The van der Waals surface area contributed by atoms with Gasteiger partial charge in [-0.15, -0.1) is 0 Å². The Bertz CT molecular complexity index is 495. The van der Waals surface area contributed by atoms with E-state index >= 15 is 0 Å². The van der Waals surface area contributed by atoms with Crippen molar-refractivity contribution in [3.05, 3.63) is 23.8 Å². The normalized spacial score (nSPS) is 12.0. The molecule has 0 fully saturated rings. The van der Waals surface area contributed by atoms with Gasteiger partial charge in [-0.1, -0.05) is 19.9 Å². The Balaban J connectivity index is 2.71. The molecule has 0 saturated heterocycles. The predicted molar refractivity (Wildman–Crippen MR) is 73.3 cm³/mol. The summed E-state index contributed by atoms with van der Waals surface area (Å²) in [5.74, 6) is 0.365. The van der Waals surface area contributed by atoms with E-state index in [0.717, 1.165) is 5.56 Å². The van der Waals surface area contributed by atoms with Crippen LogP contribution in [0.25, 0.3) is 0 Å². The van der Waals surface area contributed by atoms with Crippen LogP contribution in [0.5, 0.6) is 0 Å². The molecule has 0 aliphatic rings. The van der Waals surface area contributed by atoms with E-state index in [9.17, 15) is 8.42 Å². The van der Waals surface area contributed by atoms with Gasteiger partial charge < -0.3 is 10.5 Å². The number of hydrogen-bond donors (Lipinski definition) is 1. The predicted octanol–water partition coefficient (Wildman–Crippen LogP) is 2.02. The van der Waals surface area contributed by atoms with Gasteiger partial charge in [0, 0.05) is 6.61 Å². The van der Waals surface area contributed by atoms with E-state index in [-0.39, 0.29) is 17.3 Å². The molecule has 0 bridgehead atoms. The van der Waals surface area contributed by atoms with Gasteiger partial charge >= 0.3 is 0 Å². The van der Waals surface area contributed by atoms with Gasteiger partial charge in [-0.2, -0.15) is 0 Å². The molecule has 0 amide bonds. The summed E-state index contributed by atoms with van der Waals surface area (Å²) in [6.07, 6.45) is 0. The first-order valence-electron chi connectivity index (χ1n) is 5.99. The quantitative estimate of drug-likeness (QED) is 0.635. The number of aryl methyl sites for hydroxylation is 1. The van der Waals surface area contributed by atoms with Gasteiger partial charge in [0.05, 0.1) is 22.9 Å². The van der Waals surface area contributed by atoms with E-state index in [4.69, 9.17) is 10.5 Å². The summed E-state index contributed by atoms with van der Waals surface area (Å²) in [5, 5.41) is 0. The fraction of sp³-hybridized carbons (Fsp3) is 0.538. The Kier molecular flexibility index (Phi) is 5.16. The summed E-state index contributed by atoms with van der Waals surface area (Å²) < 4.78 is 29.5. The second-order valence-electron chi connectivity index (χ2n) is 4.83. The topological polar surface area (TPSA) is 69.4 Å². The van der Waals surface area contributed by atoms with E-state index in [1.54, 1.807) is 18.2 Å². The standard InChI is InChI=1S/C13H21NO3S/c1-10(2)9-17-6-7-18(15,16)13-8-11(3)4-5-12(13)14/h4-5,8,10H,6-7,9,14H2,1-3H3. The number of ether oxygens (including phenoxy) is 1. The zero-order valence-corrected chi connectivity index (χ0v) is 12.0. The van der Waals surface area contributed by atoms with Crippen molar-refractivity contribution >= 4 is 15.5 Å². The number of nitrogen functional groups attached to an aromatic ring is 1. The summed E-state index contributed by atoms with van der Waals surface area (Å²) in [4.78, 5) is 0.204. The molecule has 1 aromatic rings. The largest absolute Gasteiger partial charge is 0.398 e. The highest BCUT2D eigenvalue weighted by molar-refractivity contribution is 7.91. The molecule has 0 heterocycles. The Morgan fingerprint density at radius 2 is 2.00 bits per heavy atom. The van der Waals surface area contributed by atoms with Crippen molar-refractivity contribution in [3.63, 3.8) is 0 Å². The third kappa shape index (κ3) is 4.31. The summed E-state index contributed by atoms with van der Waals surface area (Å²) >= 11 is 0. The second kappa shape index (κ2) is 6.20. The summed E-state index contributed by atoms with van der Waals surface area (Å²) in [6.45, 7) is 6.65. The molecule has 1 aromatic carbocycles. The number of nitrogens with two attached hydrogens (primary N) is 1. The SMILES string of the molecule is Cc1ccc(N)c(S(=O)(=O)CCOCC(C)C)c1. The third-order valence-corrected chi connectivity index (χ3v) is 4.18. The van der Waals surface area contributed by atoms with Crippen LogP contribution < -0.4 is 5.73 Å². The minimum atomic E-state index is -3.36. The van der Waals surface area contributed by atoms with Crippen LogP contribution in [0.4, 0.5) is 5.69 Å². The van der Waals surface area contributed by atoms with Gasteiger partial charge in [0.1, 0.15) is 0 Å². The van der Waals surface area contributed by atoms with Crippen LogP contribution in [-0.4, -0.2) is 27.4 Å². The molecule has 0 aromatic heterocycles. The van der Waals surface area contributed by atoms with Crippen LogP contribution in [-0.2, 0) is 14.6 Å². The molecule has 4 nitrogen and oxygen atoms in total. The monoisotopic (exact) mass is 271 g/mol. The van der Waals surface area contributed by atoms with Gasteiger partial charge in [-0.05, 0) is 30.5 Å². The summed E-state index contributed by atoms with van der Waals surface area (Å²) in [5.41, 5.74) is 6.88. The smallest absolute Gasteiger partial charge is 0.182 e. The maximum absolute atomic E-state index is 12.1. The van der Waals surface area contributed by atoms with Gasteiger partial charge in [-0.25, -0.2) is 8.42 Å². The lowest BCUT2D eigenvalue weighted by Gasteiger charge is -2.10. The molecule has 0 aliphatic heterocycles. The lowest BCUT2D eigenvalue weighted by atomic mass is 10.2. The number of hydrogen-bond acceptors (Lipinski definition) is 4. The van der Waals surface area contributed by atoms with E-state index in [2.05, 4.69) is 0 Å². The molecule has 18 heavy (non-hydrogen) atoms. The van der Waals surface area contributed by atoms with E-state index in [1.165, 1.54) is 0 Å². The maximum Gasteiger partial charge on any atom is 0.182 e. The Morgan fingerprint density at radius 1 is 1.33 bits per heavy atom. The number of rotatable bonds is 6. The van der Waals surface area contributed by atoms with Gasteiger partial charge in [0.2, 0.25) is 0 Å². The molecule has 5 heteroatoms. The molecule has 0 atom stereocenters. The van der Waals surface area contributed by atoms with E-state index < -0.39 is 9.84 Å². The van der Waals surface area contributed by atoms with E-state index in [1.807, 2.05) is 20.8 Å². The first kappa shape index (κ1) is 15.0. The molecule has 0 radical (unpaired) electrons. The molecule has 1 rings (SSSR count). The fourth-order valence-corrected chi connectivity index (χ4v) is 2.86. The van der Waals surface area contributed by atoms with E-state index in [0.29, 0.717) is 18.2 Å². The molecular weight excluding hydrogens is 250 g/mol. The molecule has 0 unspecified atom stereocenters. The second-order valence-corrected chi connectivity index (χ2v) is 6.91. The van der Waals surface area contributed by atoms with Gasteiger partial charge in [-0.3, -0.25) is 0 Å². The van der Waals surface area contributed by atoms with Gasteiger partial charge in [0.25, 0.3) is 0 Å². The van der Waals surface area contributed by atoms with Crippen molar-refractivity contribution < 1.29 is 13.2 Å². The zero-order chi connectivity index (χ0) is 13.8. The number of benzene rings is 1. The first-order valence-corrected chi connectivity index (χ1v) is 7.65. The number of anilines is 1. The van der Waals surface area contributed by atoms with Crippen molar-refractivity contribution in [3.8, 4) is 0 Å². The van der Waals surface area contributed by atoms with Crippen molar-refractivity contribution in [1.82, 2.24) is 0 Å². The summed E-state index contributed by atoms with van der Waals surface area (Å²) in [7, 11) is -3.36. The maximum atomic E-state index is 12.1. The zero-order valence-electron chi connectivity index (χ0n) is 11.1. The first-order chi connectivity index (χ1) is 8.33. The van der Waals surface area contributed by atoms with Crippen LogP contribution in [0.3, 0.4) is 0 Å². The molecule has 102 valence electrons. The third-order valence-electron chi connectivity index (χ3n) is 2.45. The van der Waals surface area contributed by atoms with Crippen molar-refractivity contribution in [1.29, 1.82) is 0 Å². The summed E-state index contributed by atoms with van der Waals surface area (Å²) in [6, 6.07) is 5.02. The van der Waals surface area contributed by atoms with Crippen LogP contribution in [0, 0.1) is 12.8 Å². The Hall–Kier alpha value is -1.07. The fourth-order valence-electron chi connectivity index (χ4n) is 1.51. The molecule has 0 saturated carbocycles. The van der Waals surface area contributed by atoms with Crippen LogP contribution in [0.15, 0.2) is 23.1 Å². The van der Waals surface area contributed by atoms with Crippen molar-refractivity contribution in [2.75, 3.05) is 24.7 Å². The van der Waals surface area contributed by atoms with Crippen LogP contribution >= 0.6 is 0 Å². The number of sulfone groups is 1. The van der Waals surface area contributed by atoms with Crippen molar-refractivity contribution in [2.45, 2.75) is 25.7 Å². The Morgan fingerprint density at radius 3 is 2.61 bits per heavy atom. The lowest BCUT2D eigenvalue weighted by Crippen LogP contribution is -2.15. The average Bonchev–Trinajstić information content (AvgIpc) is 2.27. The highest BCUT2D eigenvalue weighted by atomic mass is 32.2. The Labute approximate surface area is 109 Å². The van der Waals surface area contributed by atoms with Crippen LogP contribution in [0.1, 0.15) is 19.4 Å². The molecule has 0 spiro atoms. The minimum Gasteiger partial charge on any atom is -0.398 e. The van der Waals surface area contributed by atoms with Crippen molar-refractivity contribution in [2.24, 2.45) is 5.92 Å². The molecule has 0 aliphatic carbocycles. The highest BCUT2D eigenvalue weighted by Crippen LogP contribution is 2.20. The average molecular weight is 271 g/mol.